The molecule has 1 amide bonds. The van der Waals surface area contributed by atoms with Crippen molar-refractivity contribution in [3.8, 4) is 0 Å². The van der Waals surface area contributed by atoms with Gasteiger partial charge in [0, 0.05) is 4.47 Å². The highest BCUT2D eigenvalue weighted by atomic mass is 79.9. The van der Waals surface area contributed by atoms with Gasteiger partial charge in [-0.15, -0.1) is 0 Å². The minimum Gasteiger partial charge on any atom is -0.396 e. The Morgan fingerprint density at radius 2 is 1.90 bits per heavy atom. The number of para-hydroxylation sites is 1. The van der Waals surface area contributed by atoms with Crippen molar-refractivity contribution in [2.24, 2.45) is 0 Å². The van der Waals surface area contributed by atoms with Gasteiger partial charge in [0.25, 0.3) is 5.91 Å². The fourth-order valence-electron chi connectivity index (χ4n) is 1.84. The lowest BCUT2D eigenvalue weighted by atomic mass is 10.1. The third-order valence-electron chi connectivity index (χ3n) is 3.02. The van der Waals surface area contributed by atoms with Crippen LogP contribution in [0.3, 0.4) is 0 Å². The summed E-state index contributed by atoms with van der Waals surface area (Å²) in [5, 5.41) is 2.80. The number of benzene rings is 2. The molecule has 2 rings (SSSR count). The van der Waals surface area contributed by atoms with Crippen LogP contribution in [0.1, 0.15) is 28.9 Å². The van der Waals surface area contributed by atoms with Crippen molar-refractivity contribution in [2.75, 3.05) is 5.73 Å². The fraction of sp³-hybridized carbons (Fsp3) is 0.133. The highest BCUT2D eigenvalue weighted by Crippen LogP contribution is 2.19. The standard InChI is InChI=1S/C15H14BrFN2O/c1-9(10-5-7-11(16)8-6-10)19-15(20)12-3-2-4-13(17)14(12)18/h2-9H,18H2,1H3,(H,19,20)/t9-/m1/s1. The second-order valence-electron chi connectivity index (χ2n) is 4.45. The minimum atomic E-state index is -0.589. The van der Waals surface area contributed by atoms with E-state index in [1.54, 1.807) is 0 Å². The number of carbonyl (C=O) groups excluding carboxylic acids is 1. The first-order valence-corrected chi connectivity index (χ1v) is 6.88. The molecule has 20 heavy (non-hydrogen) atoms. The topological polar surface area (TPSA) is 55.1 Å². The van der Waals surface area contributed by atoms with Gasteiger partial charge in [-0.05, 0) is 36.8 Å². The molecule has 0 saturated carbocycles. The predicted octanol–water partition coefficient (Wildman–Crippen LogP) is 3.66. The Balaban J connectivity index is 2.15. The van der Waals surface area contributed by atoms with E-state index in [9.17, 15) is 9.18 Å². The van der Waals surface area contributed by atoms with E-state index in [0.717, 1.165) is 10.0 Å². The Bertz CT molecular complexity index is 628. The van der Waals surface area contributed by atoms with Crippen LogP contribution in [0.15, 0.2) is 46.9 Å². The Morgan fingerprint density at radius 1 is 1.25 bits per heavy atom. The first-order valence-electron chi connectivity index (χ1n) is 6.09. The maximum Gasteiger partial charge on any atom is 0.253 e. The van der Waals surface area contributed by atoms with E-state index in [0.29, 0.717) is 0 Å². The van der Waals surface area contributed by atoms with Crippen LogP contribution in [0.25, 0.3) is 0 Å². The molecule has 3 nitrogen and oxygen atoms in total. The summed E-state index contributed by atoms with van der Waals surface area (Å²) >= 11 is 3.35. The largest absolute Gasteiger partial charge is 0.396 e. The van der Waals surface area contributed by atoms with Crippen LogP contribution in [0, 0.1) is 5.82 Å². The first kappa shape index (κ1) is 14.5. The summed E-state index contributed by atoms with van der Waals surface area (Å²) in [5.41, 5.74) is 6.55. The molecular weight excluding hydrogens is 323 g/mol. The van der Waals surface area contributed by atoms with E-state index in [2.05, 4.69) is 21.2 Å². The number of nitrogens with one attached hydrogen (secondary N) is 1. The average Bonchev–Trinajstić information content (AvgIpc) is 2.42. The second-order valence-corrected chi connectivity index (χ2v) is 5.36. The van der Waals surface area contributed by atoms with Crippen molar-refractivity contribution in [1.29, 1.82) is 0 Å². The highest BCUT2D eigenvalue weighted by molar-refractivity contribution is 9.10. The quantitative estimate of drug-likeness (QED) is 0.840. The minimum absolute atomic E-state index is 0.131. The van der Waals surface area contributed by atoms with Crippen molar-refractivity contribution < 1.29 is 9.18 Å². The van der Waals surface area contributed by atoms with Gasteiger partial charge in [0.05, 0.1) is 17.3 Å². The van der Waals surface area contributed by atoms with Gasteiger partial charge in [-0.25, -0.2) is 4.39 Å². The van der Waals surface area contributed by atoms with Gasteiger partial charge >= 0.3 is 0 Å². The molecule has 5 heteroatoms. The number of carbonyl (C=O) groups is 1. The predicted molar refractivity (Wildman–Crippen MR) is 80.8 cm³/mol. The van der Waals surface area contributed by atoms with Crippen LogP contribution in [0.5, 0.6) is 0 Å². The lowest BCUT2D eigenvalue weighted by molar-refractivity contribution is 0.0940. The molecule has 2 aromatic rings. The molecule has 2 aromatic carbocycles. The SMILES string of the molecule is C[C@@H](NC(=O)c1cccc(F)c1N)c1ccc(Br)cc1. The van der Waals surface area contributed by atoms with Gasteiger partial charge in [-0.1, -0.05) is 34.1 Å². The van der Waals surface area contributed by atoms with Crippen molar-refractivity contribution in [1.82, 2.24) is 5.32 Å². The van der Waals surface area contributed by atoms with Crippen molar-refractivity contribution in [2.45, 2.75) is 13.0 Å². The summed E-state index contributed by atoms with van der Waals surface area (Å²) in [7, 11) is 0. The molecule has 0 bridgehead atoms. The third-order valence-corrected chi connectivity index (χ3v) is 3.54. The van der Waals surface area contributed by atoms with Gasteiger partial charge in [0.2, 0.25) is 0 Å². The highest BCUT2D eigenvalue weighted by Gasteiger charge is 2.15. The third kappa shape index (κ3) is 3.17. The second kappa shape index (κ2) is 6.05. The van der Waals surface area contributed by atoms with E-state index < -0.39 is 11.7 Å². The molecule has 0 fully saturated rings. The Hall–Kier alpha value is -1.88. The Kier molecular flexibility index (Phi) is 4.39. The van der Waals surface area contributed by atoms with Gasteiger partial charge in [0.15, 0.2) is 0 Å². The number of rotatable bonds is 3. The Morgan fingerprint density at radius 3 is 2.55 bits per heavy atom. The zero-order valence-electron chi connectivity index (χ0n) is 10.9. The van der Waals surface area contributed by atoms with Crippen LogP contribution < -0.4 is 11.1 Å². The number of anilines is 1. The molecule has 0 heterocycles. The molecule has 3 N–H and O–H groups in total. The maximum atomic E-state index is 13.3. The fourth-order valence-corrected chi connectivity index (χ4v) is 2.11. The molecular formula is C15H14BrFN2O. The Labute approximate surface area is 125 Å². The summed E-state index contributed by atoms with van der Waals surface area (Å²) in [4.78, 5) is 12.1. The number of nitrogens with two attached hydrogens (primary N) is 1. The monoisotopic (exact) mass is 336 g/mol. The van der Waals surface area contributed by atoms with Crippen LogP contribution in [0.4, 0.5) is 10.1 Å². The molecule has 0 spiro atoms. The molecule has 0 unspecified atom stereocenters. The van der Waals surface area contributed by atoms with E-state index in [4.69, 9.17) is 5.73 Å². The number of nitrogen functional groups attached to an aromatic ring is 1. The van der Waals surface area contributed by atoms with Gasteiger partial charge in [-0.3, -0.25) is 4.79 Å². The van der Waals surface area contributed by atoms with E-state index in [1.165, 1.54) is 18.2 Å². The van der Waals surface area contributed by atoms with Crippen LogP contribution in [-0.2, 0) is 0 Å². The lowest BCUT2D eigenvalue weighted by Crippen LogP contribution is -2.27. The van der Waals surface area contributed by atoms with Crippen molar-refractivity contribution in [3.05, 3.63) is 63.9 Å². The number of hydrogen-bond donors (Lipinski definition) is 2. The molecule has 0 radical (unpaired) electrons. The van der Waals surface area contributed by atoms with Crippen molar-refractivity contribution in [3.63, 3.8) is 0 Å². The summed E-state index contributed by atoms with van der Waals surface area (Å²) < 4.78 is 14.3. The maximum absolute atomic E-state index is 13.3. The normalized spacial score (nSPS) is 11.9. The van der Waals surface area contributed by atoms with Crippen LogP contribution in [0.2, 0.25) is 0 Å². The molecule has 0 saturated heterocycles. The molecule has 0 aliphatic carbocycles. The summed E-state index contributed by atoms with van der Waals surface area (Å²) in [5.74, 6) is -0.980. The average molecular weight is 337 g/mol. The molecule has 1 atom stereocenters. The number of amides is 1. The van der Waals surface area contributed by atoms with E-state index >= 15 is 0 Å². The van der Waals surface area contributed by atoms with Crippen LogP contribution in [-0.4, -0.2) is 5.91 Å². The first-order chi connectivity index (χ1) is 9.49. The number of hydrogen-bond acceptors (Lipinski definition) is 2. The van der Waals surface area contributed by atoms with Crippen LogP contribution >= 0.6 is 15.9 Å². The van der Waals surface area contributed by atoms with E-state index in [-0.39, 0.29) is 17.3 Å². The van der Waals surface area contributed by atoms with Gasteiger partial charge < -0.3 is 11.1 Å². The molecule has 0 aliphatic rings. The van der Waals surface area contributed by atoms with E-state index in [1.807, 2.05) is 31.2 Å². The summed E-state index contributed by atoms with van der Waals surface area (Å²) in [6, 6.07) is 11.6. The molecule has 0 aromatic heterocycles. The zero-order valence-corrected chi connectivity index (χ0v) is 12.4. The molecule has 104 valence electrons. The summed E-state index contributed by atoms with van der Waals surface area (Å²) in [6.07, 6.45) is 0. The number of halogens is 2. The van der Waals surface area contributed by atoms with Crippen molar-refractivity contribution >= 4 is 27.5 Å². The summed E-state index contributed by atoms with van der Waals surface area (Å²) in [6.45, 7) is 1.86. The van der Waals surface area contributed by atoms with Gasteiger partial charge in [0.1, 0.15) is 5.82 Å². The smallest absolute Gasteiger partial charge is 0.253 e. The van der Waals surface area contributed by atoms with Gasteiger partial charge in [-0.2, -0.15) is 0 Å². The molecule has 0 aliphatic heterocycles. The zero-order chi connectivity index (χ0) is 14.7. The lowest BCUT2D eigenvalue weighted by Gasteiger charge is -2.15.